The van der Waals surface area contributed by atoms with Gasteiger partial charge in [0.05, 0.1) is 39.9 Å². The number of ether oxygens (including phenoxy) is 2. The number of hydrogen-bond donors (Lipinski definition) is 0. The Hall–Kier alpha value is -2.52. The van der Waals surface area contributed by atoms with Crippen molar-refractivity contribution in [2.75, 3.05) is 40.9 Å². The SMILES string of the molecule is CCCCOC(=O)CCC(C)(C#N)N=NC(C)(C#N)CCC(=O)OCC[N+](C)(C)C. The Bertz CT molecular complexity index is 674. The number of unbranched alkanes of at least 4 members (excludes halogenated alkanes) is 1. The van der Waals surface area contributed by atoms with Crippen LogP contribution in [0.25, 0.3) is 0 Å². The van der Waals surface area contributed by atoms with Gasteiger partial charge in [-0.15, -0.1) is 0 Å². The van der Waals surface area contributed by atoms with Gasteiger partial charge in [-0.3, -0.25) is 9.59 Å². The van der Waals surface area contributed by atoms with E-state index in [9.17, 15) is 20.1 Å². The molecule has 0 amide bonds. The van der Waals surface area contributed by atoms with Crippen LogP contribution in [0.2, 0.25) is 0 Å². The molecule has 2 unspecified atom stereocenters. The number of nitriles is 2. The van der Waals surface area contributed by atoms with Crippen molar-refractivity contribution < 1.29 is 23.5 Å². The number of carbonyl (C=O) groups excluding carboxylic acids is 2. The summed E-state index contributed by atoms with van der Waals surface area (Å²) in [5.74, 6) is -0.794. The summed E-state index contributed by atoms with van der Waals surface area (Å²) >= 11 is 0. The molecule has 0 aliphatic heterocycles. The molecule has 0 aliphatic carbocycles. The first-order valence-corrected chi connectivity index (χ1v) is 10.3. The summed E-state index contributed by atoms with van der Waals surface area (Å²) in [6.45, 7) is 6.44. The lowest BCUT2D eigenvalue weighted by atomic mass is 9.97. The number of hydrogen-bond acceptors (Lipinski definition) is 8. The molecular formula is C21H36N5O4+. The Morgan fingerprint density at radius 2 is 1.33 bits per heavy atom. The molecule has 0 N–H and O–H groups in total. The summed E-state index contributed by atoms with van der Waals surface area (Å²) in [6, 6.07) is 4.07. The Labute approximate surface area is 180 Å². The first-order valence-electron chi connectivity index (χ1n) is 10.3. The minimum atomic E-state index is -1.27. The maximum Gasteiger partial charge on any atom is 0.306 e. The molecule has 0 aliphatic rings. The average Bonchev–Trinajstić information content (AvgIpc) is 2.68. The fraction of sp³-hybridized carbons (Fsp3) is 0.810. The van der Waals surface area contributed by atoms with Crippen LogP contribution in [0.15, 0.2) is 10.2 Å². The molecule has 0 aromatic rings. The van der Waals surface area contributed by atoms with Crippen LogP contribution in [-0.4, -0.2) is 68.4 Å². The van der Waals surface area contributed by atoms with Crippen LogP contribution in [0.3, 0.4) is 0 Å². The third kappa shape index (κ3) is 12.8. The van der Waals surface area contributed by atoms with Crippen molar-refractivity contribution in [1.82, 2.24) is 0 Å². The lowest BCUT2D eigenvalue weighted by Gasteiger charge is -2.23. The Morgan fingerprint density at radius 3 is 1.70 bits per heavy atom. The molecule has 168 valence electrons. The van der Waals surface area contributed by atoms with Gasteiger partial charge in [-0.1, -0.05) is 13.3 Å². The normalized spacial score (nSPS) is 15.5. The highest BCUT2D eigenvalue weighted by Gasteiger charge is 2.30. The lowest BCUT2D eigenvalue weighted by molar-refractivity contribution is -0.870. The van der Waals surface area contributed by atoms with Crippen LogP contribution >= 0.6 is 0 Å². The van der Waals surface area contributed by atoms with Crippen LogP contribution in [0.5, 0.6) is 0 Å². The third-order valence-corrected chi connectivity index (χ3v) is 4.39. The highest BCUT2D eigenvalue weighted by Crippen LogP contribution is 2.23. The van der Waals surface area contributed by atoms with Gasteiger partial charge in [0.1, 0.15) is 13.2 Å². The zero-order valence-electron chi connectivity index (χ0n) is 19.2. The summed E-state index contributed by atoms with van der Waals surface area (Å²) in [5.41, 5.74) is -2.52. The minimum absolute atomic E-state index is 0.0211. The fourth-order valence-corrected chi connectivity index (χ4v) is 2.08. The van der Waals surface area contributed by atoms with Crippen LogP contribution in [0.1, 0.15) is 59.3 Å². The minimum Gasteiger partial charge on any atom is -0.466 e. The van der Waals surface area contributed by atoms with Crippen molar-refractivity contribution in [2.45, 2.75) is 70.4 Å². The molecule has 0 bridgehead atoms. The first-order chi connectivity index (χ1) is 13.9. The number of azo groups is 1. The highest BCUT2D eigenvalue weighted by molar-refractivity contribution is 5.69. The van der Waals surface area contributed by atoms with E-state index in [4.69, 9.17) is 9.47 Å². The number of likely N-dealkylation sites (N-methyl/N-ethyl adjacent to an activating group) is 1. The maximum atomic E-state index is 11.9. The number of nitrogens with zero attached hydrogens (tertiary/aromatic N) is 5. The van der Waals surface area contributed by atoms with Gasteiger partial charge in [-0.05, 0) is 33.1 Å². The van der Waals surface area contributed by atoms with E-state index >= 15 is 0 Å². The smallest absolute Gasteiger partial charge is 0.306 e. The molecule has 0 fully saturated rings. The van der Waals surface area contributed by atoms with E-state index in [1.54, 1.807) is 13.8 Å². The van der Waals surface area contributed by atoms with E-state index in [0.717, 1.165) is 12.8 Å². The van der Waals surface area contributed by atoms with Crippen molar-refractivity contribution >= 4 is 11.9 Å². The average molecular weight is 423 g/mol. The second-order valence-electron chi connectivity index (χ2n) is 8.78. The molecule has 0 saturated carbocycles. The number of carbonyl (C=O) groups is 2. The Morgan fingerprint density at radius 1 is 0.900 bits per heavy atom. The quantitative estimate of drug-likeness (QED) is 0.183. The summed E-state index contributed by atoms with van der Waals surface area (Å²) in [7, 11) is 5.99. The van der Waals surface area contributed by atoms with Gasteiger partial charge in [-0.25, -0.2) is 0 Å². The Kier molecular flexibility index (Phi) is 11.8. The molecule has 9 heteroatoms. The van der Waals surface area contributed by atoms with Crippen LogP contribution in [0, 0.1) is 22.7 Å². The van der Waals surface area contributed by atoms with Gasteiger partial charge in [0.25, 0.3) is 0 Å². The van der Waals surface area contributed by atoms with Gasteiger partial charge in [0.15, 0.2) is 11.1 Å². The fourth-order valence-electron chi connectivity index (χ4n) is 2.08. The van der Waals surface area contributed by atoms with Crippen LogP contribution in [0.4, 0.5) is 0 Å². The number of rotatable bonds is 14. The second kappa shape index (κ2) is 12.9. The number of quaternary nitrogens is 1. The molecule has 0 heterocycles. The summed E-state index contributed by atoms with van der Waals surface area (Å²) in [4.78, 5) is 23.7. The lowest BCUT2D eigenvalue weighted by Crippen LogP contribution is -2.38. The van der Waals surface area contributed by atoms with Gasteiger partial charge >= 0.3 is 11.9 Å². The first kappa shape index (κ1) is 27.5. The zero-order valence-corrected chi connectivity index (χ0v) is 19.2. The largest absolute Gasteiger partial charge is 0.466 e. The van der Waals surface area contributed by atoms with Crippen molar-refractivity contribution in [1.29, 1.82) is 10.5 Å². The van der Waals surface area contributed by atoms with E-state index in [-0.39, 0.29) is 31.7 Å². The van der Waals surface area contributed by atoms with E-state index in [0.29, 0.717) is 24.2 Å². The predicted molar refractivity (Wildman–Crippen MR) is 111 cm³/mol. The monoisotopic (exact) mass is 422 g/mol. The van der Waals surface area contributed by atoms with Crippen molar-refractivity contribution in [3.8, 4) is 12.1 Å². The Balaban J connectivity index is 4.72. The predicted octanol–water partition coefficient (Wildman–Crippen LogP) is 3.16. The van der Waals surface area contributed by atoms with Gasteiger partial charge in [0.2, 0.25) is 0 Å². The van der Waals surface area contributed by atoms with Crippen molar-refractivity contribution in [3.63, 3.8) is 0 Å². The van der Waals surface area contributed by atoms with Gasteiger partial charge < -0.3 is 14.0 Å². The van der Waals surface area contributed by atoms with E-state index in [2.05, 4.69) is 10.2 Å². The molecule has 0 radical (unpaired) electrons. The molecule has 0 aromatic carbocycles. The molecule has 9 nitrogen and oxygen atoms in total. The highest BCUT2D eigenvalue weighted by atomic mass is 16.5. The number of esters is 2. The van der Waals surface area contributed by atoms with E-state index in [1.165, 1.54) is 0 Å². The van der Waals surface area contributed by atoms with Crippen LogP contribution < -0.4 is 0 Å². The van der Waals surface area contributed by atoms with Crippen LogP contribution in [-0.2, 0) is 19.1 Å². The molecule has 2 atom stereocenters. The second-order valence-corrected chi connectivity index (χ2v) is 8.78. The summed E-state index contributed by atoms with van der Waals surface area (Å²) in [6.07, 6.45) is 2.03. The molecule has 0 aromatic heterocycles. The van der Waals surface area contributed by atoms with Gasteiger partial charge in [-0.2, -0.15) is 20.8 Å². The standard InChI is InChI=1S/C21H36N5O4/c1-7-8-14-29-18(27)9-11-20(2,16-22)24-25-21(3,17-23)12-10-19(28)30-15-13-26(4,5)6/h7-15H2,1-6H3/q+1. The molecule has 0 spiro atoms. The zero-order chi connectivity index (χ0) is 23.3. The maximum absolute atomic E-state index is 11.9. The van der Waals surface area contributed by atoms with E-state index < -0.39 is 17.0 Å². The summed E-state index contributed by atoms with van der Waals surface area (Å²) in [5, 5.41) is 27.0. The van der Waals surface area contributed by atoms with Crippen molar-refractivity contribution in [3.05, 3.63) is 0 Å². The van der Waals surface area contributed by atoms with Gasteiger partial charge in [0, 0.05) is 12.8 Å². The van der Waals surface area contributed by atoms with Crippen molar-refractivity contribution in [2.24, 2.45) is 10.2 Å². The molecular weight excluding hydrogens is 386 g/mol. The third-order valence-electron chi connectivity index (χ3n) is 4.39. The topological polar surface area (TPSA) is 125 Å². The molecule has 30 heavy (non-hydrogen) atoms. The molecule has 0 rings (SSSR count). The van der Waals surface area contributed by atoms with E-state index in [1.807, 2.05) is 40.2 Å². The summed E-state index contributed by atoms with van der Waals surface area (Å²) < 4.78 is 10.9. The molecule has 0 saturated heterocycles.